The van der Waals surface area contributed by atoms with Crippen LogP contribution < -0.4 is 10.2 Å². The SMILES string of the molecule is CCNCc1ccc(N(C)c2cccc(F)c2)nn1. The Morgan fingerprint density at radius 2 is 2.05 bits per heavy atom. The molecule has 0 spiro atoms. The Morgan fingerprint density at radius 1 is 1.21 bits per heavy atom. The molecule has 1 N–H and O–H groups in total. The first kappa shape index (κ1) is 13.4. The van der Waals surface area contributed by atoms with Gasteiger partial charge in [0.1, 0.15) is 5.82 Å². The smallest absolute Gasteiger partial charge is 0.155 e. The van der Waals surface area contributed by atoms with Gasteiger partial charge in [0.15, 0.2) is 5.82 Å². The standard InChI is InChI=1S/C14H17FN4/c1-3-16-10-12-7-8-14(18-17-12)19(2)13-6-4-5-11(15)9-13/h4-9,16H,3,10H2,1-2H3. The molecule has 0 radical (unpaired) electrons. The first-order valence-corrected chi connectivity index (χ1v) is 6.23. The molecular weight excluding hydrogens is 243 g/mol. The van der Waals surface area contributed by atoms with Gasteiger partial charge >= 0.3 is 0 Å². The topological polar surface area (TPSA) is 41.0 Å². The first-order chi connectivity index (χ1) is 9.20. The van der Waals surface area contributed by atoms with Crippen LogP contribution in [0, 0.1) is 5.82 Å². The third kappa shape index (κ3) is 3.48. The van der Waals surface area contributed by atoms with Gasteiger partial charge in [-0.1, -0.05) is 13.0 Å². The molecule has 2 aromatic rings. The summed E-state index contributed by atoms with van der Waals surface area (Å²) in [5.41, 5.74) is 1.63. The van der Waals surface area contributed by atoms with Crippen LogP contribution >= 0.6 is 0 Å². The molecule has 0 aliphatic rings. The van der Waals surface area contributed by atoms with E-state index in [1.54, 1.807) is 11.0 Å². The van der Waals surface area contributed by atoms with Gasteiger partial charge in [0, 0.05) is 19.3 Å². The summed E-state index contributed by atoms with van der Waals surface area (Å²) >= 11 is 0. The van der Waals surface area contributed by atoms with Crippen molar-refractivity contribution >= 4 is 11.5 Å². The maximum Gasteiger partial charge on any atom is 0.155 e. The number of rotatable bonds is 5. The molecule has 19 heavy (non-hydrogen) atoms. The van der Waals surface area contributed by atoms with Crippen molar-refractivity contribution in [3.63, 3.8) is 0 Å². The molecule has 0 bridgehead atoms. The lowest BCUT2D eigenvalue weighted by Crippen LogP contribution is -2.15. The summed E-state index contributed by atoms with van der Waals surface area (Å²) < 4.78 is 13.2. The van der Waals surface area contributed by atoms with Crippen LogP contribution in [-0.2, 0) is 6.54 Å². The fourth-order valence-electron chi connectivity index (χ4n) is 1.70. The van der Waals surface area contributed by atoms with Gasteiger partial charge in [-0.15, -0.1) is 5.10 Å². The van der Waals surface area contributed by atoms with E-state index in [4.69, 9.17) is 0 Å². The van der Waals surface area contributed by atoms with Gasteiger partial charge in [0.05, 0.1) is 5.69 Å². The van der Waals surface area contributed by atoms with Crippen molar-refractivity contribution in [2.45, 2.75) is 13.5 Å². The minimum atomic E-state index is -0.263. The Morgan fingerprint density at radius 3 is 2.68 bits per heavy atom. The number of aromatic nitrogens is 2. The Balaban J connectivity index is 2.13. The molecular formula is C14H17FN4. The predicted molar refractivity (Wildman–Crippen MR) is 73.9 cm³/mol. The van der Waals surface area contributed by atoms with Crippen molar-refractivity contribution in [2.75, 3.05) is 18.5 Å². The summed E-state index contributed by atoms with van der Waals surface area (Å²) in [7, 11) is 1.84. The molecule has 4 nitrogen and oxygen atoms in total. The lowest BCUT2D eigenvalue weighted by Gasteiger charge is -2.17. The van der Waals surface area contributed by atoms with Crippen LogP contribution in [0.15, 0.2) is 36.4 Å². The van der Waals surface area contributed by atoms with Gasteiger partial charge in [-0.2, -0.15) is 5.10 Å². The number of halogens is 1. The van der Waals surface area contributed by atoms with Crippen molar-refractivity contribution in [3.05, 3.63) is 47.9 Å². The van der Waals surface area contributed by atoms with Gasteiger partial charge in [-0.25, -0.2) is 4.39 Å². The molecule has 0 atom stereocenters. The fourth-order valence-corrected chi connectivity index (χ4v) is 1.70. The molecule has 0 saturated carbocycles. The van der Waals surface area contributed by atoms with Crippen LogP contribution in [0.2, 0.25) is 0 Å². The van der Waals surface area contributed by atoms with Crippen molar-refractivity contribution in [1.29, 1.82) is 0 Å². The molecule has 100 valence electrons. The highest BCUT2D eigenvalue weighted by atomic mass is 19.1. The highest BCUT2D eigenvalue weighted by Gasteiger charge is 2.06. The zero-order chi connectivity index (χ0) is 13.7. The number of anilines is 2. The number of hydrogen-bond acceptors (Lipinski definition) is 4. The van der Waals surface area contributed by atoms with Crippen LogP contribution in [0.1, 0.15) is 12.6 Å². The Hall–Kier alpha value is -2.01. The number of hydrogen-bond donors (Lipinski definition) is 1. The summed E-state index contributed by atoms with van der Waals surface area (Å²) in [6, 6.07) is 10.2. The molecule has 0 fully saturated rings. The van der Waals surface area contributed by atoms with E-state index in [9.17, 15) is 4.39 Å². The second kappa shape index (κ2) is 6.24. The van der Waals surface area contributed by atoms with Crippen molar-refractivity contribution < 1.29 is 4.39 Å². The number of nitrogens with one attached hydrogen (secondary N) is 1. The van der Waals surface area contributed by atoms with Crippen molar-refractivity contribution in [2.24, 2.45) is 0 Å². The minimum Gasteiger partial charge on any atom is -0.328 e. The molecule has 0 amide bonds. The maximum atomic E-state index is 13.2. The number of benzene rings is 1. The van der Waals surface area contributed by atoms with E-state index >= 15 is 0 Å². The van der Waals surface area contributed by atoms with E-state index in [0.717, 1.165) is 17.9 Å². The Labute approximate surface area is 112 Å². The molecule has 2 rings (SSSR count). The lowest BCUT2D eigenvalue weighted by molar-refractivity contribution is 0.628. The van der Waals surface area contributed by atoms with Crippen molar-refractivity contribution in [3.8, 4) is 0 Å². The Bertz CT molecular complexity index is 527. The summed E-state index contributed by atoms with van der Waals surface area (Å²) in [5.74, 6) is 0.423. The quantitative estimate of drug-likeness (QED) is 0.896. The van der Waals surface area contributed by atoms with E-state index in [-0.39, 0.29) is 5.82 Å². The Kier molecular flexibility index (Phi) is 4.41. The van der Waals surface area contributed by atoms with Crippen molar-refractivity contribution in [1.82, 2.24) is 15.5 Å². The molecule has 0 aliphatic carbocycles. The summed E-state index contributed by atoms with van der Waals surface area (Å²) in [4.78, 5) is 1.80. The highest BCUT2D eigenvalue weighted by Crippen LogP contribution is 2.21. The molecule has 1 aromatic carbocycles. The second-order valence-corrected chi connectivity index (χ2v) is 4.20. The van der Waals surface area contributed by atoms with Crippen LogP contribution in [0.3, 0.4) is 0 Å². The fraction of sp³-hybridized carbons (Fsp3) is 0.286. The van der Waals surface area contributed by atoms with Gasteiger partial charge in [0.25, 0.3) is 0 Å². The van der Waals surface area contributed by atoms with Crippen LogP contribution in [0.4, 0.5) is 15.9 Å². The normalized spacial score (nSPS) is 10.5. The predicted octanol–water partition coefficient (Wildman–Crippen LogP) is 2.49. The third-order valence-corrected chi connectivity index (χ3v) is 2.80. The maximum absolute atomic E-state index is 13.2. The van der Waals surface area contributed by atoms with Gasteiger partial charge < -0.3 is 10.2 Å². The van der Waals surface area contributed by atoms with Crippen LogP contribution in [0.25, 0.3) is 0 Å². The van der Waals surface area contributed by atoms with E-state index in [0.29, 0.717) is 12.4 Å². The summed E-state index contributed by atoms with van der Waals surface area (Å²) in [5, 5.41) is 11.5. The molecule has 0 saturated heterocycles. The monoisotopic (exact) mass is 260 g/mol. The molecule has 1 heterocycles. The zero-order valence-electron chi connectivity index (χ0n) is 11.1. The zero-order valence-corrected chi connectivity index (χ0v) is 11.1. The van der Waals surface area contributed by atoms with Gasteiger partial charge in [-0.3, -0.25) is 0 Å². The van der Waals surface area contributed by atoms with Gasteiger partial charge in [-0.05, 0) is 36.9 Å². The average molecular weight is 260 g/mol. The van der Waals surface area contributed by atoms with Crippen LogP contribution in [-0.4, -0.2) is 23.8 Å². The minimum absolute atomic E-state index is 0.263. The van der Waals surface area contributed by atoms with E-state index < -0.39 is 0 Å². The molecule has 5 heteroatoms. The van der Waals surface area contributed by atoms with E-state index in [1.165, 1.54) is 12.1 Å². The number of nitrogens with zero attached hydrogens (tertiary/aromatic N) is 3. The largest absolute Gasteiger partial charge is 0.328 e. The molecule has 0 aliphatic heterocycles. The lowest BCUT2D eigenvalue weighted by atomic mass is 10.3. The highest BCUT2D eigenvalue weighted by molar-refractivity contribution is 5.58. The van der Waals surface area contributed by atoms with E-state index in [1.807, 2.05) is 32.2 Å². The average Bonchev–Trinajstić information content (AvgIpc) is 2.45. The molecule has 1 aromatic heterocycles. The van der Waals surface area contributed by atoms with Gasteiger partial charge in [0.2, 0.25) is 0 Å². The molecule has 0 unspecified atom stereocenters. The first-order valence-electron chi connectivity index (χ1n) is 6.23. The summed E-state index contributed by atoms with van der Waals surface area (Å²) in [6.07, 6.45) is 0. The van der Waals surface area contributed by atoms with Crippen LogP contribution in [0.5, 0.6) is 0 Å². The third-order valence-electron chi connectivity index (χ3n) is 2.80. The van der Waals surface area contributed by atoms with E-state index in [2.05, 4.69) is 15.5 Å². The summed E-state index contributed by atoms with van der Waals surface area (Å²) in [6.45, 7) is 3.64. The second-order valence-electron chi connectivity index (χ2n) is 4.20.